The van der Waals surface area contributed by atoms with E-state index in [4.69, 9.17) is 0 Å². The minimum absolute atomic E-state index is 0.00542. The summed E-state index contributed by atoms with van der Waals surface area (Å²) in [7, 11) is -3.49. The maximum absolute atomic E-state index is 12.8. The van der Waals surface area contributed by atoms with Gasteiger partial charge < -0.3 is 5.32 Å². The van der Waals surface area contributed by atoms with Crippen LogP contribution in [0.3, 0.4) is 0 Å². The van der Waals surface area contributed by atoms with Gasteiger partial charge in [-0.1, -0.05) is 36.4 Å². The van der Waals surface area contributed by atoms with Crippen molar-refractivity contribution in [2.75, 3.05) is 13.1 Å². The van der Waals surface area contributed by atoms with E-state index >= 15 is 0 Å². The maximum atomic E-state index is 12.8. The zero-order chi connectivity index (χ0) is 19.4. The highest BCUT2D eigenvalue weighted by Gasteiger charge is 2.32. The van der Waals surface area contributed by atoms with Crippen molar-refractivity contribution in [3.05, 3.63) is 65.2 Å². The molecule has 1 heterocycles. The molecule has 144 valence electrons. The van der Waals surface area contributed by atoms with Gasteiger partial charge in [0.2, 0.25) is 15.9 Å². The van der Waals surface area contributed by atoms with Gasteiger partial charge in [-0.15, -0.1) is 0 Å². The normalized spacial score (nSPS) is 16.2. The number of sulfonamides is 1. The zero-order valence-corrected chi connectivity index (χ0v) is 16.6. The number of nitrogens with zero attached hydrogens (tertiary/aromatic N) is 1. The molecule has 0 aliphatic carbocycles. The average molecular weight is 387 g/mol. The Bertz CT molecular complexity index is 917. The van der Waals surface area contributed by atoms with Crippen molar-refractivity contribution in [1.29, 1.82) is 0 Å². The first kappa shape index (κ1) is 19.6. The van der Waals surface area contributed by atoms with Gasteiger partial charge in [-0.3, -0.25) is 4.79 Å². The topological polar surface area (TPSA) is 66.5 Å². The van der Waals surface area contributed by atoms with Crippen molar-refractivity contribution < 1.29 is 13.2 Å². The Hall–Kier alpha value is -2.18. The van der Waals surface area contributed by atoms with Crippen LogP contribution in [0.25, 0.3) is 0 Å². The van der Waals surface area contributed by atoms with Crippen LogP contribution in [0.2, 0.25) is 0 Å². The number of nitrogens with one attached hydrogen (secondary N) is 1. The molecule has 0 radical (unpaired) electrons. The Labute approximate surface area is 161 Å². The van der Waals surface area contributed by atoms with Crippen LogP contribution in [-0.2, 0) is 21.4 Å². The minimum Gasteiger partial charge on any atom is -0.352 e. The Morgan fingerprint density at radius 3 is 2.44 bits per heavy atom. The molecule has 1 N–H and O–H groups in total. The fourth-order valence-corrected chi connectivity index (χ4v) is 4.99. The van der Waals surface area contributed by atoms with Crippen LogP contribution in [0.15, 0.2) is 53.4 Å². The lowest BCUT2D eigenvalue weighted by molar-refractivity contribution is -0.126. The molecular weight excluding hydrogens is 360 g/mol. The monoisotopic (exact) mass is 386 g/mol. The molecular formula is C21H26N2O3S. The lowest BCUT2D eigenvalue weighted by Gasteiger charge is -2.30. The van der Waals surface area contributed by atoms with Gasteiger partial charge in [0.25, 0.3) is 0 Å². The van der Waals surface area contributed by atoms with Crippen LogP contribution in [0.4, 0.5) is 0 Å². The molecule has 0 bridgehead atoms. The summed E-state index contributed by atoms with van der Waals surface area (Å²) in [6, 6.07) is 14.9. The first-order valence-electron chi connectivity index (χ1n) is 9.27. The molecule has 0 unspecified atom stereocenters. The smallest absolute Gasteiger partial charge is 0.243 e. The molecule has 1 aliphatic rings. The lowest BCUT2D eigenvalue weighted by Crippen LogP contribution is -2.42. The summed E-state index contributed by atoms with van der Waals surface area (Å²) in [5.41, 5.74) is 3.17. The number of piperidine rings is 1. The number of hydrogen-bond acceptors (Lipinski definition) is 3. The standard InChI is InChI=1S/C21H26N2O3S/c1-16-6-5-9-20(14-16)27(25,26)23-12-10-18(11-13-23)21(24)22-15-19-8-4-3-7-17(19)2/h3-9,14,18H,10-13,15H2,1-2H3,(H,22,24). The molecule has 0 saturated carbocycles. The summed E-state index contributed by atoms with van der Waals surface area (Å²) >= 11 is 0. The molecule has 0 atom stereocenters. The van der Waals surface area contributed by atoms with E-state index in [1.165, 1.54) is 4.31 Å². The molecule has 1 amide bonds. The average Bonchev–Trinajstić information content (AvgIpc) is 2.67. The second-order valence-electron chi connectivity index (χ2n) is 7.14. The first-order chi connectivity index (χ1) is 12.9. The van der Waals surface area contributed by atoms with Crippen molar-refractivity contribution in [3.8, 4) is 0 Å². The van der Waals surface area contributed by atoms with Crippen LogP contribution in [0.5, 0.6) is 0 Å². The summed E-state index contributed by atoms with van der Waals surface area (Å²) in [4.78, 5) is 12.8. The van der Waals surface area contributed by atoms with E-state index in [1.807, 2.05) is 44.2 Å². The van der Waals surface area contributed by atoms with Gasteiger partial charge in [0.05, 0.1) is 4.90 Å². The second-order valence-corrected chi connectivity index (χ2v) is 9.08. The second kappa shape index (κ2) is 8.23. The van der Waals surface area contributed by atoms with Crippen molar-refractivity contribution in [2.24, 2.45) is 5.92 Å². The fraction of sp³-hybridized carbons (Fsp3) is 0.381. The number of amides is 1. The third kappa shape index (κ3) is 4.57. The molecule has 0 spiro atoms. The van der Waals surface area contributed by atoms with Gasteiger partial charge in [-0.25, -0.2) is 8.42 Å². The van der Waals surface area contributed by atoms with Crippen molar-refractivity contribution in [1.82, 2.24) is 9.62 Å². The Morgan fingerprint density at radius 1 is 1.07 bits per heavy atom. The van der Waals surface area contributed by atoms with Crippen molar-refractivity contribution in [2.45, 2.75) is 38.1 Å². The molecule has 6 heteroatoms. The molecule has 2 aromatic rings. The summed E-state index contributed by atoms with van der Waals surface area (Å²) in [6.07, 6.45) is 1.09. The van der Waals surface area contributed by atoms with Crippen LogP contribution < -0.4 is 5.32 Å². The van der Waals surface area contributed by atoms with Gasteiger partial charge >= 0.3 is 0 Å². The molecule has 3 rings (SSSR count). The van der Waals surface area contributed by atoms with Crippen LogP contribution in [0.1, 0.15) is 29.5 Å². The summed E-state index contributed by atoms with van der Waals surface area (Å²) in [6.45, 7) is 5.16. The molecule has 5 nitrogen and oxygen atoms in total. The number of hydrogen-bond donors (Lipinski definition) is 1. The van der Waals surface area contributed by atoms with Gasteiger partial charge in [0, 0.05) is 25.6 Å². The van der Waals surface area contributed by atoms with Gasteiger partial charge in [-0.2, -0.15) is 4.31 Å². The van der Waals surface area contributed by atoms with Crippen LogP contribution >= 0.6 is 0 Å². The van der Waals surface area contributed by atoms with E-state index in [1.54, 1.807) is 18.2 Å². The van der Waals surface area contributed by atoms with E-state index in [-0.39, 0.29) is 11.8 Å². The lowest BCUT2D eigenvalue weighted by atomic mass is 9.97. The molecule has 2 aromatic carbocycles. The zero-order valence-electron chi connectivity index (χ0n) is 15.8. The van der Waals surface area contributed by atoms with E-state index in [2.05, 4.69) is 5.32 Å². The van der Waals surface area contributed by atoms with E-state index in [9.17, 15) is 13.2 Å². The molecule has 1 aliphatic heterocycles. The van der Waals surface area contributed by atoms with Gasteiger partial charge in [-0.05, 0) is 55.5 Å². The van der Waals surface area contributed by atoms with E-state index < -0.39 is 10.0 Å². The molecule has 1 fully saturated rings. The third-order valence-electron chi connectivity index (χ3n) is 5.17. The number of carbonyl (C=O) groups excluding carboxylic acids is 1. The highest BCUT2D eigenvalue weighted by atomic mass is 32.2. The van der Waals surface area contributed by atoms with Crippen molar-refractivity contribution in [3.63, 3.8) is 0 Å². The third-order valence-corrected chi connectivity index (χ3v) is 7.06. The predicted molar refractivity (Wildman–Crippen MR) is 106 cm³/mol. The summed E-state index contributed by atoms with van der Waals surface area (Å²) in [5, 5.41) is 3.00. The van der Waals surface area contributed by atoms with E-state index in [0.29, 0.717) is 37.4 Å². The molecule has 27 heavy (non-hydrogen) atoms. The van der Waals surface area contributed by atoms with E-state index in [0.717, 1.165) is 16.7 Å². The first-order valence-corrected chi connectivity index (χ1v) is 10.7. The fourth-order valence-electron chi connectivity index (χ4n) is 3.42. The maximum Gasteiger partial charge on any atom is 0.243 e. The Balaban J connectivity index is 1.57. The Kier molecular flexibility index (Phi) is 5.97. The summed E-state index contributed by atoms with van der Waals surface area (Å²) < 4.78 is 27.1. The van der Waals surface area contributed by atoms with Gasteiger partial charge in [0.15, 0.2) is 0 Å². The van der Waals surface area contributed by atoms with Crippen LogP contribution in [0, 0.1) is 19.8 Å². The van der Waals surface area contributed by atoms with Gasteiger partial charge in [0.1, 0.15) is 0 Å². The molecule has 1 saturated heterocycles. The number of benzene rings is 2. The van der Waals surface area contributed by atoms with Crippen LogP contribution in [-0.4, -0.2) is 31.7 Å². The highest BCUT2D eigenvalue weighted by Crippen LogP contribution is 2.24. The summed E-state index contributed by atoms with van der Waals surface area (Å²) in [5.74, 6) is -0.135. The number of rotatable bonds is 5. The minimum atomic E-state index is -3.49. The SMILES string of the molecule is Cc1cccc(S(=O)(=O)N2CCC(C(=O)NCc3ccccc3C)CC2)c1. The largest absolute Gasteiger partial charge is 0.352 e. The Morgan fingerprint density at radius 2 is 1.78 bits per heavy atom. The van der Waals surface area contributed by atoms with Crippen molar-refractivity contribution >= 4 is 15.9 Å². The quantitative estimate of drug-likeness (QED) is 0.859. The molecule has 0 aromatic heterocycles. The number of aryl methyl sites for hydroxylation is 2. The number of carbonyl (C=O) groups is 1. The highest BCUT2D eigenvalue weighted by molar-refractivity contribution is 7.89. The predicted octanol–water partition coefficient (Wildman–Crippen LogP) is 3.02.